The Labute approximate surface area is 248 Å². The number of rotatable bonds is 7. The van der Waals surface area contributed by atoms with Crippen molar-refractivity contribution in [1.29, 1.82) is 0 Å². The second-order valence-electron chi connectivity index (χ2n) is 11.2. The standard InChI is InChI=1S/C36H29FN2O4/c1-2-21-43-26-17-13-23(14-18-26)32(40)30-31(33(41)24-11-15-25(37)16-12-24)39-20-19-22-7-3-4-8-27(22)34(39)36(30)28-9-5-6-10-29(28)38-35(36)42/h3-20,30-31,34H,2,21H2,1H3,(H,38,42)/t30-,31-,34+,36+/m0/s1. The average molecular weight is 573 g/mol. The highest BCUT2D eigenvalue weighted by Gasteiger charge is 2.70. The van der Waals surface area contributed by atoms with Crippen LogP contribution in [0.4, 0.5) is 10.1 Å². The molecule has 4 atom stereocenters. The van der Waals surface area contributed by atoms with Crippen LogP contribution in [0.25, 0.3) is 6.08 Å². The molecule has 7 rings (SSSR count). The lowest BCUT2D eigenvalue weighted by Gasteiger charge is -2.38. The number of carbonyl (C=O) groups excluding carboxylic acids is 3. The molecule has 1 spiro atoms. The number of hydrogen-bond donors (Lipinski definition) is 1. The van der Waals surface area contributed by atoms with Gasteiger partial charge in [-0.05, 0) is 83.8 Å². The molecule has 1 saturated heterocycles. The van der Waals surface area contributed by atoms with Gasteiger partial charge in [0, 0.05) is 23.0 Å². The lowest BCUT2D eigenvalue weighted by atomic mass is 9.62. The molecule has 3 heterocycles. The van der Waals surface area contributed by atoms with E-state index in [9.17, 15) is 18.8 Å². The number of amides is 1. The quantitative estimate of drug-likeness (QED) is 0.253. The van der Waals surface area contributed by atoms with E-state index in [1.165, 1.54) is 24.3 Å². The maximum Gasteiger partial charge on any atom is 0.238 e. The third kappa shape index (κ3) is 4.02. The molecule has 7 heteroatoms. The Morgan fingerprint density at radius 2 is 1.56 bits per heavy atom. The first-order chi connectivity index (χ1) is 20.9. The fourth-order valence-corrected chi connectivity index (χ4v) is 7.07. The topological polar surface area (TPSA) is 75.7 Å². The number of carbonyl (C=O) groups is 3. The number of halogens is 1. The van der Waals surface area contributed by atoms with Crippen molar-refractivity contribution in [3.63, 3.8) is 0 Å². The van der Waals surface area contributed by atoms with Gasteiger partial charge in [-0.15, -0.1) is 0 Å². The molecule has 4 aromatic carbocycles. The van der Waals surface area contributed by atoms with Crippen molar-refractivity contribution < 1.29 is 23.5 Å². The summed E-state index contributed by atoms with van der Waals surface area (Å²) >= 11 is 0. The molecule has 0 unspecified atom stereocenters. The van der Waals surface area contributed by atoms with Crippen LogP contribution in [-0.4, -0.2) is 35.0 Å². The summed E-state index contributed by atoms with van der Waals surface area (Å²) in [6.07, 6.45) is 4.58. The zero-order valence-corrected chi connectivity index (χ0v) is 23.5. The highest BCUT2D eigenvalue weighted by Crippen LogP contribution is 2.62. The van der Waals surface area contributed by atoms with E-state index < -0.39 is 29.2 Å². The molecule has 1 amide bonds. The fraction of sp³-hybridized carbons (Fsp3) is 0.194. The number of benzene rings is 4. The Morgan fingerprint density at radius 3 is 2.33 bits per heavy atom. The Morgan fingerprint density at radius 1 is 0.884 bits per heavy atom. The second-order valence-corrected chi connectivity index (χ2v) is 11.2. The predicted molar refractivity (Wildman–Crippen MR) is 161 cm³/mol. The van der Waals surface area contributed by atoms with Crippen molar-refractivity contribution in [1.82, 2.24) is 4.90 Å². The van der Waals surface area contributed by atoms with Crippen LogP contribution in [0.5, 0.6) is 5.75 Å². The number of ether oxygens (including phenoxy) is 1. The summed E-state index contributed by atoms with van der Waals surface area (Å²) in [6.45, 7) is 2.56. The number of hydrogen-bond acceptors (Lipinski definition) is 5. The number of nitrogens with one attached hydrogen (secondary N) is 1. The Kier molecular flexibility index (Phi) is 6.46. The van der Waals surface area contributed by atoms with Gasteiger partial charge in [-0.1, -0.05) is 49.4 Å². The molecule has 43 heavy (non-hydrogen) atoms. The molecule has 0 aliphatic carbocycles. The predicted octanol–water partition coefficient (Wildman–Crippen LogP) is 6.60. The number of fused-ring (bicyclic) bond motifs is 6. The van der Waals surface area contributed by atoms with Gasteiger partial charge in [0.05, 0.1) is 18.6 Å². The highest BCUT2D eigenvalue weighted by atomic mass is 19.1. The summed E-state index contributed by atoms with van der Waals surface area (Å²) in [5, 5.41) is 3.05. The van der Waals surface area contributed by atoms with Gasteiger partial charge >= 0.3 is 0 Å². The number of para-hydroxylation sites is 1. The molecule has 4 aromatic rings. The number of Topliss-reactive ketones (excluding diaryl/α,β-unsaturated/α-hetero) is 2. The smallest absolute Gasteiger partial charge is 0.238 e. The van der Waals surface area contributed by atoms with Gasteiger partial charge in [-0.2, -0.15) is 0 Å². The van der Waals surface area contributed by atoms with Crippen molar-refractivity contribution in [2.45, 2.75) is 30.8 Å². The van der Waals surface area contributed by atoms with E-state index in [-0.39, 0.29) is 23.0 Å². The molecule has 0 aromatic heterocycles. The van der Waals surface area contributed by atoms with E-state index in [2.05, 4.69) is 5.32 Å². The van der Waals surface area contributed by atoms with Gasteiger partial charge < -0.3 is 15.0 Å². The lowest BCUT2D eigenvalue weighted by Crippen LogP contribution is -2.49. The third-order valence-electron chi connectivity index (χ3n) is 8.86. The van der Waals surface area contributed by atoms with Crippen LogP contribution in [0.3, 0.4) is 0 Å². The molecule has 3 aliphatic rings. The van der Waals surface area contributed by atoms with Crippen molar-refractivity contribution in [2.75, 3.05) is 11.9 Å². The monoisotopic (exact) mass is 572 g/mol. The third-order valence-corrected chi connectivity index (χ3v) is 8.86. The minimum atomic E-state index is -1.42. The van der Waals surface area contributed by atoms with Crippen molar-refractivity contribution >= 4 is 29.2 Å². The maximum absolute atomic E-state index is 14.9. The molecule has 3 aliphatic heterocycles. The Bertz CT molecular complexity index is 1780. The SMILES string of the molecule is CCCOc1ccc(C(=O)[C@@H]2[C@@H](C(=O)c3ccc(F)cc3)N3C=Cc4ccccc4[C@@H]3[C@]23C(=O)Nc2ccccc23)cc1. The number of ketones is 2. The minimum absolute atomic E-state index is 0.266. The van der Waals surface area contributed by atoms with E-state index in [4.69, 9.17) is 4.74 Å². The average Bonchev–Trinajstić information content (AvgIpc) is 3.52. The van der Waals surface area contributed by atoms with Gasteiger partial charge in [0.1, 0.15) is 23.0 Å². The molecule has 1 fully saturated rings. The van der Waals surface area contributed by atoms with E-state index in [0.717, 1.165) is 17.5 Å². The van der Waals surface area contributed by atoms with E-state index in [1.54, 1.807) is 24.3 Å². The van der Waals surface area contributed by atoms with Crippen LogP contribution in [0, 0.1) is 11.7 Å². The van der Waals surface area contributed by atoms with Gasteiger partial charge in [-0.3, -0.25) is 14.4 Å². The summed E-state index contributed by atoms with van der Waals surface area (Å²) in [7, 11) is 0. The zero-order valence-electron chi connectivity index (χ0n) is 23.5. The lowest BCUT2D eigenvalue weighted by molar-refractivity contribution is -0.122. The largest absolute Gasteiger partial charge is 0.494 e. The molecule has 0 saturated carbocycles. The molecule has 1 N–H and O–H groups in total. The number of anilines is 1. The summed E-state index contributed by atoms with van der Waals surface area (Å²) in [5.41, 5.74) is 2.28. The maximum atomic E-state index is 14.9. The summed E-state index contributed by atoms with van der Waals surface area (Å²) in [5.74, 6) is -1.94. The first-order valence-electron chi connectivity index (χ1n) is 14.5. The molecule has 6 nitrogen and oxygen atoms in total. The molecule has 214 valence electrons. The van der Waals surface area contributed by atoms with Gasteiger partial charge in [0.15, 0.2) is 11.6 Å². The first-order valence-corrected chi connectivity index (χ1v) is 14.5. The molecule has 0 bridgehead atoms. The van der Waals surface area contributed by atoms with Gasteiger partial charge in [0.2, 0.25) is 5.91 Å². The van der Waals surface area contributed by atoms with E-state index in [1.807, 2.05) is 72.6 Å². The first kappa shape index (κ1) is 26.8. The highest BCUT2D eigenvalue weighted by molar-refractivity contribution is 6.16. The summed E-state index contributed by atoms with van der Waals surface area (Å²) < 4.78 is 19.6. The summed E-state index contributed by atoms with van der Waals surface area (Å²) in [4.78, 5) is 45.7. The van der Waals surface area contributed by atoms with E-state index in [0.29, 0.717) is 29.2 Å². The van der Waals surface area contributed by atoms with Crippen LogP contribution >= 0.6 is 0 Å². The van der Waals surface area contributed by atoms with Gasteiger partial charge in [-0.25, -0.2) is 4.39 Å². The minimum Gasteiger partial charge on any atom is -0.494 e. The van der Waals surface area contributed by atoms with Crippen molar-refractivity contribution in [3.05, 3.63) is 137 Å². The van der Waals surface area contributed by atoms with Crippen molar-refractivity contribution in [3.8, 4) is 5.75 Å². The van der Waals surface area contributed by atoms with Crippen LogP contribution < -0.4 is 10.1 Å². The van der Waals surface area contributed by atoms with Crippen LogP contribution in [0.1, 0.15) is 56.8 Å². The van der Waals surface area contributed by atoms with Gasteiger partial charge in [0.25, 0.3) is 0 Å². The van der Waals surface area contributed by atoms with Crippen LogP contribution in [0.15, 0.2) is 103 Å². The molecule has 0 radical (unpaired) electrons. The summed E-state index contributed by atoms with van der Waals surface area (Å²) in [6, 6.07) is 25.7. The Hall–Kier alpha value is -5.04. The van der Waals surface area contributed by atoms with Crippen LogP contribution in [0.2, 0.25) is 0 Å². The normalized spacial score (nSPS) is 23.0. The second kappa shape index (κ2) is 10.3. The zero-order chi connectivity index (χ0) is 29.7. The fourth-order valence-electron chi connectivity index (χ4n) is 7.07. The van der Waals surface area contributed by atoms with Crippen molar-refractivity contribution in [2.24, 2.45) is 5.92 Å². The van der Waals surface area contributed by atoms with E-state index >= 15 is 0 Å². The molecular weight excluding hydrogens is 543 g/mol. The molecular formula is C36H29FN2O4. The number of nitrogens with zero attached hydrogens (tertiary/aromatic N) is 1. The Balaban J connectivity index is 1.47. The van der Waals surface area contributed by atoms with Crippen LogP contribution in [-0.2, 0) is 10.2 Å².